The summed E-state index contributed by atoms with van der Waals surface area (Å²) in [6.45, 7) is 0.713. The fraction of sp³-hybridized carbons (Fsp3) is 0.286. The molecule has 9 heteroatoms. The van der Waals surface area contributed by atoms with E-state index in [1.54, 1.807) is 12.1 Å². The van der Waals surface area contributed by atoms with E-state index in [1.807, 2.05) is 45.8 Å². The van der Waals surface area contributed by atoms with E-state index in [0.717, 1.165) is 29.9 Å². The molecule has 1 aromatic carbocycles. The number of likely N-dealkylation sites (tertiary alicyclic amines) is 1. The molecule has 0 spiro atoms. The third-order valence-corrected chi connectivity index (χ3v) is 5.59. The van der Waals surface area contributed by atoms with Crippen LogP contribution < -0.4 is 0 Å². The molecular formula is C21H19ClN6O2. The maximum Gasteiger partial charge on any atom is 0.227 e. The SMILES string of the molecule is O=C(CCc1nc(-c2ccc(Cl)cc2)no1)N1CCCC1c1nnc2ccccn12. The zero-order valence-electron chi connectivity index (χ0n) is 16.1. The van der Waals surface area contributed by atoms with Gasteiger partial charge in [0.15, 0.2) is 11.5 Å². The van der Waals surface area contributed by atoms with Gasteiger partial charge < -0.3 is 9.42 Å². The van der Waals surface area contributed by atoms with Crippen molar-refractivity contribution in [1.82, 2.24) is 29.6 Å². The van der Waals surface area contributed by atoms with Crippen molar-refractivity contribution in [1.29, 1.82) is 0 Å². The van der Waals surface area contributed by atoms with Crippen molar-refractivity contribution >= 4 is 23.2 Å². The van der Waals surface area contributed by atoms with Gasteiger partial charge in [-0.2, -0.15) is 4.98 Å². The summed E-state index contributed by atoms with van der Waals surface area (Å²) < 4.78 is 7.28. The first-order valence-corrected chi connectivity index (χ1v) is 10.2. The zero-order valence-corrected chi connectivity index (χ0v) is 16.9. The van der Waals surface area contributed by atoms with Gasteiger partial charge in [0.1, 0.15) is 0 Å². The average Bonchev–Trinajstić information content (AvgIpc) is 3.51. The van der Waals surface area contributed by atoms with Gasteiger partial charge in [0.25, 0.3) is 0 Å². The van der Waals surface area contributed by atoms with Crippen LogP contribution in [-0.4, -0.2) is 42.1 Å². The quantitative estimate of drug-likeness (QED) is 0.486. The third kappa shape index (κ3) is 3.54. The number of rotatable bonds is 5. The van der Waals surface area contributed by atoms with E-state index in [1.165, 1.54) is 0 Å². The molecule has 1 saturated heterocycles. The second-order valence-electron chi connectivity index (χ2n) is 7.25. The topological polar surface area (TPSA) is 89.4 Å². The Kier molecular flexibility index (Phi) is 4.92. The number of aromatic nitrogens is 5. The Bertz CT molecular complexity index is 1190. The molecule has 0 N–H and O–H groups in total. The monoisotopic (exact) mass is 422 g/mol. The van der Waals surface area contributed by atoms with Crippen LogP contribution >= 0.6 is 11.6 Å². The maximum atomic E-state index is 12.9. The number of halogens is 1. The number of benzene rings is 1. The van der Waals surface area contributed by atoms with E-state index in [2.05, 4.69) is 20.3 Å². The Morgan fingerprint density at radius 1 is 1.17 bits per heavy atom. The van der Waals surface area contributed by atoms with Crippen molar-refractivity contribution in [3.63, 3.8) is 0 Å². The lowest BCUT2D eigenvalue weighted by Crippen LogP contribution is -2.31. The van der Waals surface area contributed by atoms with Crippen molar-refractivity contribution in [2.24, 2.45) is 0 Å². The van der Waals surface area contributed by atoms with Gasteiger partial charge in [-0.05, 0) is 49.2 Å². The summed E-state index contributed by atoms with van der Waals surface area (Å²) in [4.78, 5) is 19.2. The molecule has 0 radical (unpaired) electrons. The average molecular weight is 423 g/mol. The predicted molar refractivity (Wildman–Crippen MR) is 110 cm³/mol. The highest BCUT2D eigenvalue weighted by atomic mass is 35.5. The van der Waals surface area contributed by atoms with Crippen molar-refractivity contribution < 1.29 is 9.32 Å². The number of hydrogen-bond acceptors (Lipinski definition) is 6. The van der Waals surface area contributed by atoms with E-state index in [9.17, 15) is 4.79 Å². The highest BCUT2D eigenvalue weighted by Gasteiger charge is 2.33. The molecule has 1 aliphatic rings. The van der Waals surface area contributed by atoms with Crippen LogP contribution in [0.4, 0.5) is 0 Å². The van der Waals surface area contributed by atoms with Crippen LogP contribution in [0.15, 0.2) is 53.2 Å². The molecule has 4 aromatic rings. The number of hydrogen-bond donors (Lipinski definition) is 0. The predicted octanol–water partition coefficient (Wildman–Crippen LogP) is 3.73. The molecule has 0 aliphatic carbocycles. The summed E-state index contributed by atoms with van der Waals surface area (Å²) in [5, 5.41) is 13.2. The molecule has 4 heterocycles. The second-order valence-corrected chi connectivity index (χ2v) is 7.69. The van der Waals surface area contributed by atoms with Crippen LogP contribution in [-0.2, 0) is 11.2 Å². The minimum absolute atomic E-state index is 0.0522. The van der Waals surface area contributed by atoms with E-state index in [4.69, 9.17) is 16.1 Å². The Morgan fingerprint density at radius 3 is 2.90 bits per heavy atom. The summed E-state index contributed by atoms with van der Waals surface area (Å²) in [6.07, 6.45) is 4.45. The highest BCUT2D eigenvalue weighted by Crippen LogP contribution is 2.31. The van der Waals surface area contributed by atoms with Crippen LogP contribution in [0.25, 0.3) is 17.0 Å². The molecule has 8 nitrogen and oxygen atoms in total. The Balaban J connectivity index is 1.27. The van der Waals surface area contributed by atoms with Crippen molar-refractivity contribution in [3.8, 4) is 11.4 Å². The van der Waals surface area contributed by atoms with E-state index in [-0.39, 0.29) is 11.9 Å². The van der Waals surface area contributed by atoms with Crippen LogP contribution in [0, 0.1) is 0 Å². The molecule has 1 atom stereocenters. The van der Waals surface area contributed by atoms with Crippen molar-refractivity contribution in [3.05, 3.63) is 65.4 Å². The molecule has 3 aromatic heterocycles. The molecule has 1 aliphatic heterocycles. The first-order valence-electron chi connectivity index (χ1n) is 9.87. The minimum atomic E-state index is -0.0674. The third-order valence-electron chi connectivity index (χ3n) is 5.33. The first-order chi connectivity index (χ1) is 14.7. The van der Waals surface area contributed by atoms with Gasteiger partial charge in [-0.3, -0.25) is 9.20 Å². The van der Waals surface area contributed by atoms with Gasteiger partial charge in [-0.1, -0.05) is 22.8 Å². The van der Waals surface area contributed by atoms with Gasteiger partial charge in [0.05, 0.1) is 6.04 Å². The number of carbonyl (C=O) groups is 1. The summed E-state index contributed by atoms with van der Waals surface area (Å²) in [7, 11) is 0. The Labute approximate surface area is 177 Å². The normalized spacial score (nSPS) is 16.4. The summed E-state index contributed by atoms with van der Waals surface area (Å²) in [5.41, 5.74) is 1.60. The Morgan fingerprint density at radius 2 is 2.03 bits per heavy atom. The number of amides is 1. The fourth-order valence-corrected chi connectivity index (χ4v) is 3.98. The summed E-state index contributed by atoms with van der Waals surface area (Å²) in [5.74, 6) is 1.79. The number of aryl methyl sites for hydroxylation is 1. The lowest BCUT2D eigenvalue weighted by Gasteiger charge is -2.23. The van der Waals surface area contributed by atoms with Crippen LogP contribution in [0.2, 0.25) is 5.02 Å². The number of carbonyl (C=O) groups excluding carboxylic acids is 1. The molecule has 5 rings (SSSR count). The molecule has 1 amide bonds. The van der Waals surface area contributed by atoms with Gasteiger partial charge in [0, 0.05) is 36.2 Å². The number of nitrogens with zero attached hydrogens (tertiary/aromatic N) is 6. The number of pyridine rings is 1. The van der Waals surface area contributed by atoms with Gasteiger partial charge in [-0.25, -0.2) is 0 Å². The summed E-state index contributed by atoms with van der Waals surface area (Å²) in [6, 6.07) is 12.9. The van der Waals surface area contributed by atoms with Crippen LogP contribution in [0.5, 0.6) is 0 Å². The number of fused-ring (bicyclic) bond motifs is 1. The molecule has 30 heavy (non-hydrogen) atoms. The molecule has 1 fully saturated rings. The highest BCUT2D eigenvalue weighted by molar-refractivity contribution is 6.30. The first kappa shape index (κ1) is 18.7. The van der Waals surface area contributed by atoms with Gasteiger partial charge in [-0.15, -0.1) is 10.2 Å². The van der Waals surface area contributed by atoms with Crippen molar-refractivity contribution in [2.75, 3.05) is 6.54 Å². The lowest BCUT2D eigenvalue weighted by molar-refractivity contribution is -0.132. The molecule has 152 valence electrons. The van der Waals surface area contributed by atoms with Crippen LogP contribution in [0.1, 0.15) is 37.0 Å². The molecule has 1 unspecified atom stereocenters. The fourth-order valence-electron chi connectivity index (χ4n) is 3.85. The zero-order chi connectivity index (χ0) is 20.5. The molecule has 0 bridgehead atoms. The lowest BCUT2D eigenvalue weighted by atomic mass is 10.2. The van der Waals surface area contributed by atoms with Crippen molar-refractivity contribution in [2.45, 2.75) is 31.7 Å². The second kappa shape index (κ2) is 7.87. The standard InChI is InChI=1S/C21H19ClN6O2/c22-15-8-6-14(7-9-15)20-23-18(30-26-20)10-11-19(29)27-13-3-4-16(27)21-25-24-17-5-1-2-12-28(17)21/h1-2,5-9,12,16H,3-4,10-11,13H2. The van der Waals surface area contributed by atoms with E-state index < -0.39 is 0 Å². The Hall–Kier alpha value is -3.26. The van der Waals surface area contributed by atoms with Gasteiger partial charge >= 0.3 is 0 Å². The van der Waals surface area contributed by atoms with Crippen LogP contribution in [0.3, 0.4) is 0 Å². The smallest absolute Gasteiger partial charge is 0.227 e. The largest absolute Gasteiger partial charge is 0.339 e. The van der Waals surface area contributed by atoms with E-state index in [0.29, 0.717) is 36.1 Å². The minimum Gasteiger partial charge on any atom is -0.339 e. The van der Waals surface area contributed by atoms with E-state index >= 15 is 0 Å². The molecular weight excluding hydrogens is 404 g/mol. The summed E-state index contributed by atoms with van der Waals surface area (Å²) >= 11 is 5.92. The maximum absolute atomic E-state index is 12.9. The van der Waals surface area contributed by atoms with Gasteiger partial charge in [0.2, 0.25) is 17.6 Å². The molecule has 0 saturated carbocycles.